The van der Waals surface area contributed by atoms with Crippen molar-refractivity contribution in [2.24, 2.45) is 23.3 Å². The van der Waals surface area contributed by atoms with Crippen molar-refractivity contribution in [2.45, 2.75) is 87.4 Å². The van der Waals surface area contributed by atoms with Crippen LogP contribution in [-0.4, -0.2) is 68.9 Å². The standard InChI is InChI=1S/C50H52N6O8/c1-45(2,3)34-13-10-14-35(38(34)46(4,5)6)50(54-44(63)64)33-21-17-30(18-22-33)48(37(40(52)58)24-28-56(48)42(50)60)26-25-47-29-15-19-32(20-16-29)49(53-43(61)62,31-11-8-7-9-12-31)41(59)55(47)27-23-36(47)39(51)57/h7-22,36-37,53-54H,23-24,27-28H2,1-6H3,(H2,51,57)(H2,52,58)(H,61,62)(H,63,64)/t36?,37?,47?,48-,49?,50-/m1/s1. The maximum Gasteiger partial charge on any atom is 0.406 e. The van der Waals surface area contributed by atoms with Crippen molar-refractivity contribution in [2.75, 3.05) is 13.1 Å². The Morgan fingerprint density at radius 3 is 1.41 bits per heavy atom. The summed E-state index contributed by atoms with van der Waals surface area (Å²) in [5.41, 5.74) is 7.45. The van der Waals surface area contributed by atoms with E-state index in [2.05, 4.69) is 22.5 Å². The monoisotopic (exact) mass is 864 g/mol. The lowest BCUT2D eigenvalue weighted by Crippen LogP contribution is -2.64. The molecule has 6 heterocycles. The van der Waals surface area contributed by atoms with Gasteiger partial charge in [0.1, 0.15) is 11.1 Å². The van der Waals surface area contributed by atoms with Gasteiger partial charge in [-0.1, -0.05) is 150 Å². The molecule has 14 nitrogen and oxygen atoms in total. The lowest BCUT2D eigenvalue weighted by atomic mass is 9.66. The molecule has 6 atom stereocenters. The van der Waals surface area contributed by atoms with E-state index in [4.69, 9.17) is 11.5 Å². The predicted octanol–water partition coefficient (Wildman–Crippen LogP) is 5.09. The van der Waals surface area contributed by atoms with Crippen molar-refractivity contribution < 1.29 is 39.0 Å². The minimum Gasteiger partial charge on any atom is -0.465 e. The van der Waals surface area contributed by atoms with E-state index in [1.165, 1.54) is 9.80 Å². The van der Waals surface area contributed by atoms with E-state index in [0.29, 0.717) is 33.4 Å². The van der Waals surface area contributed by atoms with Crippen molar-refractivity contribution in [1.29, 1.82) is 0 Å². The molecule has 4 unspecified atom stereocenters. The van der Waals surface area contributed by atoms with Crippen LogP contribution in [0.3, 0.4) is 0 Å². The average Bonchev–Trinajstić information content (AvgIpc) is 3.82. The smallest absolute Gasteiger partial charge is 0.406 e. The highest BCUT2D eigenvalue weighted by atomic mass is 16.4. The van der Waals surface area contributed by atoms with Crippen LogP contribution in [0.5, 0.6) is 0 Å². The molecule has 0 aliphatic carbocycles. The fourth-order valence-corrected chi connectivity index (χ4v) is 11.1. The summed E-state index contributed by atoms with van der Waals surface area (Å²) in [4.78, 5) is 88.0. The van der Waals surface area contributed by atoms with Crippen LogP contribution < -0.4 is 22.1 Å². The van der Waals surface area contributed by atoms with Gasteiger partial charge in [-0.3, -0.25) is 29.8 Å². The highest BCUT2D eigenvalue weighted by molar-refractivity contribution is 5.99. The summed E-state index contributed by atoms with van der Waals surface area (Å²) in [7, 11) is 0. The van der Waals surface area contributed by atoms with Crippen molar-refractivity contribution in [3.05, 3.63) is 142 Å². The zero-order valence-electron chi connectivity index (χ0n) is 36.6. The number of amides is 6. The lowest BCUT2D eigenvalue weighted by Gasteiger charge is -2.48. The van der Waals surface area contributed by atoms with Crippen LogP contribution in [0.1, 0.15) is 98.9 Å². The fourth-order valence-electron chi connectivity index (χ4n) is 11.1. The average molecular weight is 865 g/mol. The van der Waals surface area contributed by atoms with Gasteiger partial charge >= 0.3 is 12.2 Å². The number of benzene rings is 4. The minimum atomic E-state index is -2.08. The number of carboxylic acid groups (broad SMARTS) is 2. The Bertz CT molecular complexity index is 2700. The van der Waals surface area contributed by atoms with Crippen LogP contribution in [-0.2, 0) is 52.2 Å². The van der Waals surface area contributed by atoms with Gasteiger partial charge in [0.2, 0.25) is 11.8 Å². The van der Waals surface area contributed by atoms with Crippen LogP contribution in [0, 0.1) is 23.7 Å². The molecule has 64 heavy (non-hydrogen) atoms. The van der Waals surface area contributed by atoms with E-state index >= 15 is 9.59 Å². The summed E-state index contributed by atoms with van der Waals surface area (Å²) < 4.78 is 0. The highest BCUT2D eigenvalue weighted by Crippen LogP contribution is 2.53. The molecule has 4 bridgehead atoms. The molecular formula is C50H52N6O8. The molecule has 14 heteroatoms. The summed E-state index contributed by atoms with van der Waals surface area (Å²) in [6, 6.07) is 27.2. The zero-order chi connectivity index (χ0) is 46.4. The normalized spacial score (nSPS) is 27.0. The van der Waals surface area contributed by atoms with Crippen LogP contribution in [0.4, 0.5) is 9.59 Å². The molecule has 6 amide bonds. The number of hydrogen-bond donors (Lipinski definition) is 6. The van der Waals surface area contributed by atoms with E-state index in [1.807, 2.05) is 53.7 Å². The minimum absolute atomic E-state index is 0.0385. The zero-order valence-corrected chi connectivity index (χ0v) is 36.6. The Hall–Kier alpha value is -7.14. The molecule has 330 valence electrons. The first-order chi connectivity index (χ1) is 30.1. The number of rotatable bonds is 6. The van der Waals surface area contributed by atoms with Gasteiger partial charge in [0.05, 0.1) is 11.8 Å². The largest absolute Gasteiger partial charge is 0.465 e. The van der Waals surface area contributed by atoms with Gasteiger partial charge in [0.25, 0.3) is 11.8 Å². The van der Waals surface area contributed by atoms with Gasteiger partial charge in [-0.05, 0) is 68.2 Å². The molecule has 4 aromatic carbocycles. The molecule has 6 aliphatic heterocycles. The first-order valence-corrected chi connectivity index (χ1v) is 21.3. The third-order valence-corrected chi connectivity index (χ3v) is 13.7. The quantitative estimate of drug-likeness (QED) is 0.143. The van der Waals surface area contributed by atoms with Gasteiger partial charge in [0.15, 0.2) is 11.1 Å². The van der Waals surface area contributed by atoms with E-state index in [0.717, 1.165) is 11.1 Å². The Kier molecular flexibility index (Phi) is 10.0. The van der Waals surface area contributed by atoms with Crippen LogP contribution in [0.25, 0.3) is 0 Å². The maximum atomic E-state index is 16.2. The second kappa shape index (κ2) is 14.7. The van der Waals surface area contributed by atoms with Crippen LogP contribution in [0.2, 0.25) is 0 Å². The van der Waals surface area contributed by atoms with E-state index in [9.17, 15) is 29.4 Å². The summed E-state index contributed by atoms with van der Waals surface area (Å²) in [6.45, 7) is 12.0. The topological polar surface area (TPSA) is 225 Å². The van der Waals surface area contributed by atoms with Crippen molar-refractivity contribution in [3.8, 4) is 11.8 Å². The Labute approximate surface area is 371 Å². The maximum absolute atomic E-state index is 16.2. The number of carbonyl (C=O) groups is 6. The summed E-state index contributed by atoms with van der Waals surface area (Å²) in [6.07, 6.45) is -2.87. The number of primary amides is 2. The molecule has 2 saturated heterocycles. The Morgan fingerprint density at radius 1 is 0.578 bits per heavy atom. The molecular weight excluding hydrogens is 813 g/mol. The third-order valence-electron chi connectivity index (χ3n) is 13.7. The fraction of sp³-hybridized carbons (Fsp3) is 0.360. The Morgan fingerprint density at radius 2 is 0.984 bits per heavy atom. The van der Waals surface area contributed by atoms with Gasteiger partial charge < -0.3 is 31.5 Å². The second-order valence-electron chi connectivity index (χ2n) is 19.3. The molecule has 0 spiro atoms. The first-order valence-electron chi connectivity index (χ1n) is 21.3. The summed E-state index contributed by atoms with van der Waals surface area (Å²) in [5.74, 6) is 1.37. The molecule has 6 aliphatic rings. The number of fused-ring (bicyclic) bond motifs is 6. The second-order valence-corrected chi connectivity index (χ2v) is 19.3. The lowest BCUT2D eigenvalue weighted by molar-refractivity contribution is -0.143. The van der Waals surface area contributed by atoms with Gasteiger partial charge in [-0.25, -0.2) is 9.59 Å². The van der Waals surface area contributed by atoms with Crippen LogP contribution >= 0.6 is 0 Å². The third kappa shape index (κ3) is 6.07. The molecule has 2 fully saturated rings. The van der Waals surface area contributed by atoms with Crippen molar-refractivity contribution in [3.63, 3.8) is 0 Å². The number of nitrogens with two attached hydrogens (primary N) is 2. The van der Waals surface area contributed by atoms with Crippen molar-refractivity contribution >= 4 is 35.8 Å². The molecule has 8 N–H and O–H groups in total. The van der Waals surface area contributed by atoms with Gasteiger partial charge in [0, 0.05) is 13.1 Å². The molecule has 0 aromatic heterocycles. The molecule has 10 rings (SSSR count). The van der Waals surface area contributed by atoms with Crippen LogP contribution in [0.15, 0.2) is 97.1 Å². The number of hydrogen-bond acceptors (Lipinski definition) is 6. The number of carbonyl (C=O) groups excluding carboxylic acids is 4. The van der Waals surface area contributed by atoms with Gasteiger partial charge in [-0.2, -0.15) is 0 Å². The highest BCUT2D eigenvalue weighted by Gasteiger charge is 2.63. The predicted molar refractivity (Wildman–Crippen MR) is 236 cm³/mol. The SMILES string of the molecule is CC(C)(C)c1cccc([C@@]2(NC(=O)O)C(=O)N3CCC(C(N)=O)[C@@]3(C#CC34c5ccc(cc5)C(NC(=O)O)(c5ccccc5)C(=O)N3CCC4C(N)=O)c3ccc2cc3)c1C(C)(C)C. The number of nitrogens with zero attached hydrogens (tertiary/aromatic N) is 2. The molecule has 4 aromatic rings. The summed E-state index contributed by atoms with van der Waals surface area (Å²) >= 11 is 0. The van der Waals surface area contributed by atoms with Crippen molar-refractivity contribution in [1.82, 2.24) is 20.4 Å². The van der Waals surface area contributed by atoms with Gasteiger partial charge in [-0.15, -0.1) is 0 Å². The molecule has 0 saturated carbocycles. The van der Waals surface area contributed by atoms with E-state index in [1.54, 1.807) is 84.9 Å². The molecule has 0 radical (unpaired) electrons. The van der Waals surface area contributed by atoms with E-state index < -0.39 is 80.6 Å². The van der Waals surface area contributed by atoms with E-state index in [-0.39, 0.29) is 25.9 Å². The Balaban J connectivity index is 1.44. The summed E-state index contributed by atoms with van der Waals surface area (Å²) in [5, 5.41) is 26.3. The number of nitrogens with one attached hydrogen (secondary N) is 2. The first kappa shape index (κ1) is 43.5.